The smallest absolute Gasteiger partial charge is 0.418 e. The van der Waals surface area contributed by atoms with E-state index < -0.39 is 29.4 Å². The molecule has 172 valence electrons. The molecule has 0 bridgehead atoms. The minimum Gasteiger partial charge on any atom is -0.432 e. The number of oxazole rings is 1. The van der Waals surface area contributed by atoms with Crippen LogP contribution in [0.3, 0.4) is 0 Å². The molecule has 1 aliphatic heterocycles. The Bertz CT molecular complexity index is 1350. The molecule has 1 aliphatic rings. The fourth-order valence-electron chi connectivity index (χ4n) is 3.99. The van der Waals surface area contributed by atoms with E-state index in [1.165, 1.54) is 43.4 Å². The van der Waals surface area contributed by atoms with Gasteiger partial charge in [-0.15, -0.1) is 0 Å². The standard InChI is InChI=1S/C21H18F4N6O2/c1-20(2,22)19-26-9-15(33-19)18(32)30-7-5-12-16(28-10-27-12)17(30)13-8-14-11(21(23,24)25)4-3-6-31(14)29-13/h3-4,6,8-10,17H,5,7H2,1-2H3,(H,27,28). The second-order valence-electron chi connectivity index (χ2n) is 8.24. The Morgan fingerprint density at radius 1 is 1.24 bits per heavy atom. The predicted octanol–water partition coefficient (Wildman–Crippen LogP) is 4.06. The topological polar surface area (TPSA) is 92.3 Å². The quantitative estimate of drug-likeness (QED) is 0.464. The van der Waals surface area contributed by atoms with Crippen molar-refractivity contribution in [2.24, 2.45) is 0 Å². The summed E-state index contributed by atoms with van der Waals surface area (Å²) in [7, 11) is 0. The van der Waals surface area contributed by atoms with Crippen LogP contribution in [0.15, 0.2) is 41.3 Å². The van der Waals surface area contributed by atoms with Crippen LogP contribution in [0.1, 0.15) is 59.0 Å². The lowest BCUT2D eigenvalue weighted by Gasteiger charge is -2.33. The van der Waals surface area contributed by atoms with Gasteiger partial charge in [0.2, 0.25) is 11.7 Å². The summed E-state index contributed by atoms with van der Waals surface area (Å²) < 4.78 is 61.2. The molecule has 12 heteroatoms. The number of nitrogens with one attached hydrogen (secondary N) is 1. The second-order valence-corrected chi connectivity index (χ2v) is 8.24. The Morgan fingerprint density at radius 3 is 2.73 bits per heavy atom. The fourth-order valence-corrected chi connectivity index (χ4v) is 3.99. The maximum Gasteiger partial charge on any atom is 0.418 e. The highest BCUT2D eigenvalue weighted by atomic mass is 19.4. The van der Waals surface area contributed by atoms with E-state index in [2.05, 4.69) is 20.1 Å². The summed E-state index contributed by atoms with van der Waals surface area (Å²) in [6.45, 7) is 2.72. The van der Waals surface area contributed by atoms with E-state index in [0.29, 0.717) is 12.1 Å². The molecular formula is C21H18F4N6O2. The van der Waals surface area contributed by atoms with Gasteiger partial charge in [0.25, 0.3) is 5.91 Å². The third-order valence-electron chi connectivity index (χ3n) is 5.52. The van der Waals surface area contributed by atoms with E-state index in [9.17, 15) is 22.4 Å². The van der Waals surface area contributed by atoms with Crippen molar-refractivity contribution < 1.29 is 26.8 Å². The van der Waals surface area contributed by atoms with Gasteiger partial charge >= 0.3 is 6.18 Å². The van der Waals surface area contributed by atoms with Gasteiger partial charge in [0.05, 0.1) is 35.0 Å². The third kappa shape index (κ3) is 3.55. The van der Waals surface area contributed by atoms with Crippen molar-refractivity contribution in [3.05, 3.63) is 71.2 Å². The Labute approximate surface area is 184 Å². The molecule has 0 saturated heterocycles. The average Bonchev–Trinajstić information content (AvgIpc) is 3.49. The normalized spacial score (nSPS) is 16.9. The number of halogens is 4. The molecule has 1 amide bonds. The predicted molar refractivity (Wildman–Crippen MR) is 106 cm³/mol. The van der Waals surface area contributed by atoms with Crippen molar-refractivity contribution in [1.82, 2.24) is 29.5 Å². The van der Waals surface area contributed by atoms with Gasteiger partial charge in [-0.1, -0.05) is 0 Å². The van der Waals surface area contributed by atoms with Crippen molar-refractivity contribution in [2.75, 3.05) is 6.54 Å². The monoisotopic (exact) mass is 462 g/mol. The molecular weight excluding hydrogens is 444 g/mol. The van der Waals surface area contributed by atoms with Crippen LogP contribution in [0.25, 0.3) is 5.52 Å². The van der Waals surface area contributed by atoms with Crippen LogP contribution in [0.2, 0.25) is 0 Å². The average molecular weight is 462 g/mol. The number of alkyl halides is 4. The number of rotatable bonds is 3. The molecule has 5 rings (SSSR count). The van der Waals surface area contributed by atoms with E-state index in [4.69, 9.17) is 4.42 Å². The molecule has 0 aliphatic carbocycles. The SMILES string of the molecule is CC(C)(F)c1ncc(C(=O)N2CCc3[nH]cnc3C2c2cc3c(C(F)(F)F)cccn3n2)o1. The summed E-state index contributed by atoms with van der Waals surface area (Å²) in [6, 6.07) is 2.65. The first-order valence-electron chi connectivity index (χ1n) is 10.1. The number of carbonyl (C=O) groups is 1. The Kier molecular flexibility index (Phi) is 4.59. The number of aromatic amines is 1. The molecule has 0 radical (unpaired) electrons. The van der Waals surface area contributed by atoms with Gasteiger partial charge in [0.1, 0.15) is 6.04 Å². The van der Waals surface area contributed by atoms with E-state index in [1.807, 2.05) is 0 Å². The maximum atomic E-state index is 14.2. The van der Waals surface area contributed by atoms with Crippen LogP contribution in [-0.2, 0) is 18.3 Å². The Hall–Kier alpha value is -3.70. The molecule has 1 atom stereocenters. The first-order chi connectivity index (χ1) is 15.5. The van der Waals surface area contributed by atoms with Crippen LogP contribution in [0, 0.1) is 0 Å². The number of hydrogen-bond donors (Lipinski definition) is 1. The number of imidazole rings is 1. The molecule has 1 unspecified atom stereocenters. The number of aromatic nitrogens is 5. The summed E-state index contributed by atoms with van der Waals surface area (Å²) in [5, 5.41) is 4.32. The number of amides is 1. The molecule has 0 fully saturated rings. The number of carbonyl (C=O) groups excluding carboxylic acids is 1. The minimum atomic E-state index is -4.57. The lowest BCUT2D eigenvalue weighted by Crippen LogP contribution is -2.40. The van der Waals surface area contributed by atoms with Gasteiger partial charge in [0.15, 0.2) is 5.67 Å². The van der Waals surface area contributed by atoms with Gasteiger partial charge in [0, 0.05) is 24.9 Å². The molecule has 1 N–H and O–H groups in total. The number of fused-ring (bicyclic) bond motifs is 2. The largest absolute Gasteiger partial charge is 0.432 e. The Morgan fingerprint density at radius 2 is 2.03 bits per heavy atom. The Balaban J connectivity index is 1.61. The molecule has 5 heterocycles. The number of nitrogens with zero attached hydrogens (tertiary/aromatic N) is 5. The summed E-state index contributed by atoms with van der Waals surface area (Å²) in [4.78, 5) is 25.9. The van der Waals surface area contributed by atoms with Crippen LogP contribution >= 0.6 is 0 Å². The van der Waals surface area contributed by atoms with Gasteiger partial charge in [-0.05, 0) is 32.0 Å². The van der Waals surface area contributed by atoms with E-state index in [-0.39, 0.29) is 29.4 Å². The van der Waals surface area contributed by atoms with Gasteiger partial charge < -0.3 is 14.3 Å². The molecule has 0 spiro atoms. The van der Waals surface area contributed by atoms with Gasteiger partial charge in [-0.2, -0.15) is 18.3 Å². The molecule has 4 aromatic heterocycles. The third-order valence-corrected chi connectivity index (χ3v) is 5.52. The van der Waals surface area contributed by atoms with Crippen LogP contribution in [0.4, 0.5) is 17.6 Å². The number of hydrogen-bond acceptors (Lipinski definition) is 5. The summed E-state index contributed by atoms with van der Waals surface area (Å²) in [6.07, 6.45) is -0.133. The van der Waals surface area contributed by atoms with Crippen LogP contribution < -0.4 is 0 Å². The van der Waals surface area contributed by atoms with E-state index in [1.54, 1.807) is 0 Å². The lowest BCUT2D eigenvalue weighted by atomic mass is 9.99. The molecule has 4 aromatic rings. The van der Waals surface area contributed by atoms with Gasteiger partial charge in [-0.3, -0.25) is 4.79 Å². The zero-order valence-corrected chi connectivity index (χ0v) is 17.5. The molecule has 8 nitrogen and oxygen atoms in total. The molecule has 33 heavy (non-hydrogen) atoms. The highest BCUT2D eigenvalue weighted by Crippen LogP contribution is 2.37. The van der Waals surface area contributed by atoms with Crippen molar-refractivity contribution in [2.45, 2.75) is 38.2 Å². The fraction of sp³-hybridized carbons (Fsp3) is 0.333. The minimum absolute atomic E-state index is 0.142. The first-order valence-corrected chi connectivity index (χ1v) is 10.1. The van der Waals surface area contributed by atoms with Crippen molar-refractivity contribution >= 4 is 11.4 Å². The summed E-state index contributed by atoms with van der Waals surface area (Å²) in [5.41, 5.74) is -1.44. The zero-order valence-electron chi connectivity index (χ0n) is 17.5. The van der Waals surface area contributed by atoms with E-state index >= 15 is 0 Å². The number of H-pyrrole nitrogens is 1. The van der Waals surface area contributed by atoms with Crippen LogP contribution in [-0.4, -0.2) is 41.9 Å². The highest BCUT2D eigenvalue weighted by Gasteiger charge is 2.39. The first kappa shape index (κ1) is 21.2. The molecule has 0 aromatic carbocycles. The zero-order chi connectivity index (χ0) is 23.5. The second kappa shape index (κ2) is 7.15. The van der Waals surface area contributed by atoms with Crippen molar-refractivity contribution in [1.29, 1.82) is 0 Å². The molecule has 0 saturated carbocycles. The number of pyridine rings is 1. The summed E-state index contributed by atoms with van der Waals surface area (Å²) >= 11 is 0. The highest BCUT2D eigenvalue weighted by molar-refractivity contribution is 5.92. The van der Waals surface area contributed by atoms with Crippen molar-refractivity contribution in [3.8, 4) is 0 Å². The van der Waals surface area contributed by atoms with Crippen molar-refractivity contribution in [3.63, 3.8) is 0 Å². The van der Waals surface area contributed by atoms with Crippen LogP contribution in [0.5, 0.6) is 0 Å². The van der Waals surface area contributed by atoms with Gasteiger partial charge in [-0.25, -0.2) is 18.9 Å². The lowest BCUT2D eigenvalue weighted by molar-refractivity contribution is -0.136. The maximum absolute atomic E-state index is 14.2. The van der Waals surface area contributed by atoms with E-state index in [0.717, 1.165) is 22.5 Å². The summed E-state index contributed by atoms with van der Waals surface area (Å²) in [5.74, 6) is -1.02.